The molecule has 0 atom stereocenters. The molecule has 0 unspecified atom stereocenters. The van der Waals surface area contributed by atoms with Crippen LogP contribution < -0.4 is 10.7 Å². The van der Waals surface area contributed by atoms with Crippen molar-refractivity contribution < 1.29 is 18.8 Å². The Morgan fingerprint density at radius 3 is 2.65 bits per heavy atom. The third-order valence-corrected chi connectivity index (χ3v) is 2.51. The summed E-state index contributed by atoms with van der Waals surface area (Å²) < 4.78 is 26.6. The number of carbonyl (C=O) groups is 1. The smallest absolute Gasteiger partial charge is 0.345 e. The SMILES string of the molecule is Cc1c/c(=N/C(=O)Nc2ccc(F)c(F)c2)ccn1O. The van der Waals surface area contributed by atoms with Crippen LogP contribution in [0.15, 0.2) is 41.5 Å². The first kappa shape index (κ1) is 13.7. The zero-order valence-corrected chi connectivity index (χ0v) is 10.5. The Morgan fingerprint density at radius 2 is 2.00 bits per heavy atom. The monoisotopic (exact) mass is 279 g/mol. The molecule has 0 bridgehead atoms. The van der Waals surface area contributed by atoms with Gasteiger partial charge in [0.15, 0.2) is 11.6 Å². The molecule has 0 spiro atoms. The van der Waals surface area contributed by atoms with Crippen molar-refractivity contribution in [1.82, 2.24) is 4.73 Å². The summed E-state index contributed by atoms with van der Waals surface area (Å²) in [5, 5.41) is 11.9. The van der Waals surface area contributed by atoms with Gasteiger partial charge in [0.25, 0.3) is 0 Å². The summed E-state index contributed by atoms with van der Waals surface area (Å²) >= 11 is 0. The Balaban J connectivity index is 2.19. The van der Waals surface area contributed by atoms with Gasteiger partial charge in [-0.15, -0.1) is 0 Å². The second kappa shape index (κ2) is 5.52. The highest BCUT2D eigenvalue weighted by molar-refractivity contribution is 5.89. The van der Waals surface area contributed by atoms with E-state index in [9.17, 15) is 18.8 Å². The van der Waals surface area contributed by atoms with E-state index in [-0.39, 0.29) is 5.69 Å². The molecule has 7 heteroatoms. The number of amides is 2. The van der Waals surface area contributed by atoms with E-state index in [1.54, 1.807) is 6.92 Å². The van der Waals surface area contributed by atoms with Gasteiger partial charge in [0.05, 0.1) is 11.1 Å². The van der Waals surface area contributed by atoms with Gasteiger partial charge in [-0.25, -0.2) is 13.6 Å². The van der Waals surface area contributed by atoms with E-state index in [4.69, 9.17) is 0 Å². The largest absolute Gasteiger partial charge is 0.429 e. The van der Waals surface area contributed by atoms with E-state index in [2.05, 4.69) is 10.3 Å². The normalized spacial score (nSPS) is 11.4. The van der Waals surface area contributed by atoms with Crippen LogP contribution in [0.25, 0.3) is 0 Å². The molecule has 0 radical (unpaired) electrons. The van der Waals surface area contributed by atoms with Crippen molar-refractivity contribution in [2.24, 2.45) is 4.99 Å². The molecule has 0 aliphatic carbocycles. The molecule has 0 saturated carbocycles. The van der Waals surface area contributed by atoms with E-state index in [0.29, 0.717) is 11.1 Å². The maximum absolute atomic E-state index is 13.0. The van der Waals surface area contributed by atoms with Crippen molar-refractivity contribution in [2.45, 2.75) is 6.92 Å². The first-order valence-electron chi connectivity index (χ1n) is 5.65. The number of nitrogens with one attached hydrogen (secondary N) is 1. The fraction of sp³-hybridized carbons (Fsp3) is 0.0769. The summed E-state index contributed by atoms with van der Waals surface area (Å²) in [6.45, 7) is 1.63. The van der Waals surface area contributed by atoms with Crippen LogP contribution in [0.3, 0.4) is 0 Å². The number of hydrogen-bond donors (Lipinski definition) is 2. The average Bonchev–Trinajstić information content (AvgIpc) is 2.38. The molecule has 0 saturated heterocycles. The van der Waals surface area contributed by atoms with Crippen LogP contribution in [-0.4, -0.2) is 16.0 Å². The summed E-state index contributed by atoms with van der Waals surface area (Å²) in [4.78, 5) is 15.3. The zero-order chi connectivity index (χ0) is 14.7. The van der Waals surface area contributed by atoms with E-state index in [1.807, 2.05) is 0 Å². The third kappa shape index (κ3) is 3.19. The lowest BCUT2D eigenvalue weighted by Gasteiger charge is -2.03. The number of anilines is 1. The Kier molecular flexibility index (Phi) is 3.79. The van der Waals surface area contributed by atoms with Crippen molar-refractivity contribution in [1.29, 1.82) is 0 Å². The lowest BCUT2D eigenvalue weighted by atomic mass is 10.3. The van der Waals surface area contributed by atoms with E-state index in [1.165, 1.54) is 24.4 Å². The van der Waals surface area contributed by atoms with Crippen LogP contribution in [0, 0.1) is 18.6 Å². The van der Waals surface area contributed by atoms with Crippen molar-refractivity contribution in [2.75, 3.05) is 5.32 Å². The van der Waals surface area contributed by atoms with Crippen LogP contribution in [0.5, 0.6) is 0 Å². The molecule has 20 heavy (non-hydrogen) atoms. The summed E-state index contributed by atoms with van der Waals surface area (Å²) in [7, 11) is 0. The second-order valence-corrected chi connectivity index (χ2v) is 4.04. The molecule has 1 aromatic heterocycles. The van der Waals surface area contributed by atoms with Gasteiger partial charge in [0.1, 0.15) is 0 Å². The van der Waals surface area contributed by atoms with Gasteiger partial charge in [-0.2, -0.15) is 9.72 Å². The summed E-state index contributed by atoms with van der Waals surface area (Å²) in [5.41, 5.74) is 0.592. The Morgan fingerprint density at radius 1 is 1.25 bits per heavy atom. The van der Waals surface area contributed by atoms with Crippen molar-refractivity contribution in [3.05, 3.63) is 59.2 Å². The highest BCUT2D eigenvalue weighted by Crippen LogP contribution is 2.13. The molecule has 0 aliphatic rings. The van der Waals surface area contributed by atoms with Gasteiger partial charge >= 0.3 is 6.03 Å². The second-order valence-electron chi connectivity index (χ2n) is 4.04. The fourth-order valence-electron chi connectivity index (χ4n) is 1.50. The molecule has 1 aromatic carbocycles. The zero-order valence-electron chi connectivity index (χ0n) is 10.5. The molecule has 2 amide bonds. The molecular weight excluding hydrogens is 268 g/mol. The molecule has 1 heterocycles. The molecular formula is C13H11F2N3O2. The van der Waals surface area contributed by atoms with Gasteiger partial charge < -0.3 is 10.5 Å². The summed E-state index contributed by atoms with van der Waals surface area (Å²) in [6, 6.07) is 5.19. The summed E-state index contributed by atoms with van der Waals surface area (Å²) in [5.74, 6) is -2.05. The number of pyridine rings is 1. The molecule has 2 rings (SSSR count). The number of rotatable bonds is 1. The van der Waals surface area contributed by atoms with Crippen LogP contribution in [0.4, 0.5) is 19.3 Å². The fourth-order valence-corrected chi connectivity index (χ4v) is 1.50. The van der Waals surface area contributed by atoms with Gasteiger partial charge in [0.2, 0.25) is 0 Å². The Bertz CT molecular complexity index is 726. The van der Waals surface area contributed by atoms with Crippen molar-refractivity contribution in [3.63, 3.8) is 0 Å². The first-order valence-corrected chi connectivity index (χ1v) is 5.65. The third-order valence-electron chi connectivity index (χ3n) is 2.51. The number of carbonyl (C=O) groups excluding carboxylic acids is 1. The van der Waals surface area contributed by atoms with E-state index in [0.717, 1.165) is 16.9 Å². The summed E-state index contributed by atoms with van der Waals surface area (Å²) in [6.07, 6.45) is 1.33. The lowest BCUT2D eigenvalue weighted by Crippen LogP contribution is -2.14. The quantitative estimate of drug-likeness (QED) is 0.787. The Hall–Kier alpha value is -2.70. The maximum atomic E-state index is 13.0. The van der Waals surface area contributed by atoms with Crippen LogP contribution >= 0.6 is 0 Å². The topological polar surface area (TPSA) is 66.6 Å². The standard InChI is InChI=1S/C13H11F2N3O2/c1-8-6-10(4-5-18(8)20)17-13(19)16-9-2-3-11(14)12(15)7-9/h2-7,20H,1H3,(H,16,19)/b17-10+. The minimum absolute atomic E-state index is 0.0996. The number of aromatic nitrogens is 1. The van der Waals surface area contributed by atoms with Gasteiger partial charge in [-0.1, -0.05) is 0 Å². The number of hydrogen-bond acceptors (Lipinski definition) is 2. The number of urea groups is 1. The van der Waals surface area contributed by atoms with Gasteiger partial charge in [-0.3, -0.25) is 0 Å². The average molecular weight is 279 g/mol. The van der Waals surface area contributed by atoms with E-state index < -0.39 is 17.7 Å². The molecule has 0 fully saturated rings. The van der Waals surface area contributed by atoms with Crippen LogP contribution in [0.2, 0.25) is 0 Å². The molecule has 0 aliphatic heterocycles. The predicted octanol–water partition coefficient (Wildman–Crippen LogP) is 2.44. The van der Waals surface area contributed by atoms with Crippen molar-refractivity contribution >= 4 is 11.7 Å². The lowest BCUT2D eigenvalue weighted by molar-refractivity contribution is 0.177. The number of aryl methyl sites for hydroxylation is 1. The predicted molar refractivity (Wildman–Crippen MR) is 67.3 cm³/mol. The first-order chi connectivity index (χ1) is 9.45. The van der Waals surface area contributed by atoms with Gasteiger partial charge in [-0.05, 0) is 31.2 Å². The highest BCUT2D eigenvalue weighted by atomic mass is 19.2. The number of nitrogens with zero attached hydrogens (tertiary/aromatic N) is 2. The van der Waals surface area contributed by atoms with E-state index >= 15 is 0 Å². The van der Waals surface area contributed by atoms with Crippen molar-refractivity contribution in [3.8, 4) is 0 Å². The van der Waals surface area contributed by atoms with Crippen LogP contribution in [0.1, 0.15) is 5.69 Å². The van der Waals surface area contributed by atoms with Gasteiger partial charge in [0, 0.05) is 18.0 Å². The molecule has 2 N–H and O–H groups in total. The maximum Gasteiger partial charge on any atom is 0.345 e. The minimum Gasteiger partial charge on any atom is -0.429 e. The number of halogens is 2. The molecule has 104 valence electrons. The minimum atomic E-state index is -1.06. The Labute approximate surface area is 112 Å². The molecule has 2 aromatic rings. The van der Waals surface area contributed by atoms with Crippen LogP contribution in [-0.2, 0) is 0 Å². The molecule has 5 nitrogen and oxygen atoms in total. The highest BCUT2D eigenvalue weighted by Gasteiger charge is 2.05. The number of benzene rings is 1.